The highest BCUT2D eigenvalue weighted by molar-refractivity contribution is 5.95. The number of amides is 2. The van der Waals surface area contributed by atoms with Gasteiger partial charge in [0.1, 0.15) is 13.2 Å². The second-order valence-electron chi connectivity index (χ2n) is 5.86. The number of hydrogen-bond donors (Lipinski definition) is 2. The van der Waals surface area contributed by atoms with Crippen molar-refractivity contribution in [2.45, 2.75) is 19.9 Å². The summed E-state index contributed by atoms with van der Waals surface area (Å²) in [4.78, 5) is 23.4. The van der Waals surface area contributed by atoms with Gasteiger partial charge in [0.2, 0.25) is 5.91 Å². The number of rotatable bonds is 4. The molecule has 6 heteroatoms. The number of carbonyl (C=O) groups excluding carboxylic acids is 2. The van der Waals surface area contributed by atoms with E-state index in [9.17, 15) is 9.59 Å². The van der Waals surface area contributed by atoms with Gasteiger partial charge in [0.25, 0.3) is 5.91 Å². The first-order valence-corrected chi connectivity index (χ1v) is 8.11. The Bertz CT molecular complexity index is 787. The molecule has 1 aliphatic heterocycles. The standard InChI is InChI=1S/C19H20N2O4/c1-12(15-5-8-17-18(11-15)25-10-9-24-17)20-19(23)14-3-6-16(7-4-14)21-13(2)22/h3-8,11-12H,9-10H2,1-2H3,(H,20,23)(H,21,22)/t12-/m1/s1. The van der Waals surface area contributed by atoms with Crippen molar-refractivity contribution in [3.05, 3.63) is 53.6 Å². The van der Waals surface area contributed by atoms with E-state index in [0.29, 0.717) is 30.2 Å². The molecule has 0 radical (unpaired) electrons. The van der Waals surface area contributed by atoms with Gasteiger partial charge >= 0.3 is 0 Å². The van der Waals surface area contributed by atoms with Crippen molar-refractivity contribution in [1.82, 2.24) is 5.32 Å². The minimum Gasteiger partial charge on any atom is -0.486 e. The van der Waals surface area contributed by atoms with Crippen LogP contribution in [0.25, 0.3) is 0 Å². The van der Waals surface area contributed by atoms with Crippen LogP contribution in [0, 0.1) is 0 Å². The fraction of sp³-hybridized carbons (Fsp3) is 0.263. The average Bonchev–Trinajstić information content (AvgIpc) is 2.61. The number of hydrogen-bond acceptors (Lipinski definition) is 4. The Hall–Kier alpha value is -3.02. The highest BCUT2D eigenvalue weighted by Gasteiger charge is 2.16. The highest BCUT2D eigenvalue weighted by atomic mass is 16.6. The summed E-state index contributed by atoms with van der Waals surface area (Å²) in [6, 6.07) is 12.2. The van der Waals surface area contributed by atoms with Crippen LogP contribution in [0.15, 0.2) is 42.5 Å². The first kappa shape index (κ1) is 16.8. The molecule has 2 aromatic rings. The summed E-state index contributed by atoms with van der Waals surface area (Å²) in [5.74, 6) is 1.09. The Labute approximate surface area is 146 Å². The van der Waals surface area contributed by atoms with E-state index in [2.05, 4.69) is 10.6 Å². The van der Waals surface area contributed by atoms with Gasteiger partial charge < -0.3 is 20.1 Å². The molecule has 0 unspecified atom stereocenters. The quantitative estimate of drug-likeness (QED) is 0.897. The van der Waals surface area contributed by atoms with Gasteiger partial charge in [-0.2, -0.15) is 0 Å². The summed E-state index contributed by atoms with van der Waals surface area (Å²) in [6.07, 6.45) is 0. The van der Waals surface area contributed by atoms with Crippen molar-refractivity contribution in [2.24, 2.45) is 0 Å². The Morgan fingerprint density at radius 3 is 2.36 bits per heavy atom. The topological polar surface area (TPSA) is 76.7 Å². The molecule has 130 valence electrons. The Kier molecular flexibility index (Phi) is 4.88. The van der Waals surface area contributed by atoms with E-state index in [1.54, 1.807) is 24.3 Å². The number of nitrogens with one attached hydrogen (secondary N) is 2. The third-order valence-electron chi connectivity index (χ3n) is 3.88. The van der Waals surface area contributed by atoms with Crippen LogP contribution in [0.1, 0.15) is 35.8 Å². The van der Waals surface area contributed by atoms with Crippen LogP contribution in [0.5, 0.6) is 11.5 Å². The third kappa shape index (κ3) is 4.09. The lowest BCUT2D eigenvalue weighted by Gasteiger charge is -2.21. The zero-order chi connectivity index (χ0) is 17.8. The van der Waals surface area contributed by atoms with Gasteiger partial charge in [-0.05, 0) is 48.9 Å². The maximum atomic E-state index is 12.4. The number of carbonyl (C=O) groups is 2. The van der Waals surface area contributed by atoms with Crippen molar-refractivity contribution < 1.29 is 19.1 Å². The van der Waals surface area contributed by atoms with Crippen LogP contribution in [0.2, 0.25) is 0 Å². The van der Waals surface area contributed by atoms with Gasteiger partial charge in [-0.1, -0.05) is 6.07 Å². The summed E-state index contributed by atoms with van der Waals surface area (Å²) in [6.45, 7) is 4.43. The van der Waals surface area contributed by atoms with E-state index in [-0.39, 0.29) is 17.9 Å². The molecule has 2 N–H and O–H groups in total. The lowest BCUT2D eigenvalue weighted by molar-refractivity contribution is -0.114. The summed E-state index contributed by atoms with van der Waals surface area (Å²) in [5.41, 5.74) is 2.12. The van der Waals surface area contributed by atoms with Crippen LogP contribution in [0.3, 0.4) is 0 Å². The smallest absolute Gasteiger partial charge is 0.251 e. The molecule has 6 nitrogen and oxygen atoms in total. The molecule has 25 heavy (non-hydrogen) atoms. The Morgan fingerprint density at radius 1 is 1.00 bits per heavy atom. The predicted molar refractivity (Wildman–Crippen MR) is 94.1 cm³/mol. The molecule has 1 heterocycles. The van der Waals surface area contributed by atoms with E-state index < -0.39 is 0 Å². The van der Waals surface area contributed by atoms with Crippen molar-refractivity contribution in [1.29, 1.82) is 0 Å². The van der Waals surface area contributed by atoms with E-state index in [1.807, 2.05) is 25.1 Å². The summed E-state index contributed by atoms with van der Waals surface area (Å²) < 4.78 is 11.1. The third-order valence-corrected chi connectivity index (χ3v) is 3.88. The van der Waals surface area contributed by atoms with Gasteiger partial charge in [-0.25, -0.2) is 0 Å². The molecular weight excluding hydrogens is 320 g/mol. The first-order valence-electron chi connectivity index (χ1n) is 8.11. The lowest BCUT2D eigenvalue weighted by Crippen LogP contribution is -2.26. The van der Waals surface area contributed by atoms with E-state index in [4.69, 9.17) is 9.47 Å². The predicted octanol–water partition coefficient (Wildman–Crippen LogP) is 2.91. The number of fused-ring (bicyclic) bond motifs is 1. The normalized spacial score (nSPS) is 13.7. The fourth-order valence-corrected chi connectivity index (χ4v) is 2.60. The van der Waals surface area contributed by atoms with Crippen molar-refractivity contribution in [2.75, 3.05) is 18.5 Å². The van der Waals surface area contributed by atoms with E-state index in [0.717, 1.165) is 11.3 Å². The van der Waals surface area contributed by atoms with Crippen LogP contribution >= 0.6 is 0 Å². The van der Waals surface area contributed by atoms with Gasteiger partial charge in [0, 0.05) is 18.2 Å². The molecule has 0 aromatic heterocycles. The van der Waals surface area contributed by atoms with Gasteiger partial charge in [0.05, 0.1) is 6.04 Å². The molecule has 0 saturated heterocycles. The number of benzene rings is 2. The minimum absolute atomic E-state index is 0.149. The van der Waals surface area contributed by atoms with Gasteiger partial charge in [-0.3, -0.25) is 9.59 Å². The van der Waals surface area contributed by atoms with Crippen LogP contribution in [-0.2, 0) is 4.79 Å². The minimum atomic E-state index is -0.184. The summed E-state index contributed by atoms with van der Waals surface area (Å²) >= 11 is 0. The molecule has 0 fully saturated rings. The lowest BCUT2D eigenvalue weighted by atomic mass is 10.1. The van der Waals surface area contributed by atoms with Crippen LogP contribution in [-0.4, -0.2) is 25.0 Å². The molecule has 0 saturated carbocycles. The summed E-state index contributed by atoms with van der Waals surface area (Å²) in [7, 11) is 0. The molecule has 1 atom stereocenters. The van der Waals surface area contributed by atoms with Crippen molar-refractivity contribution in [3.63, 3.8) is 0 Å². The van der Waals surface area contributed by atoms with E-state index in [1.165, 1.54) is 6.92 Å². The van der Waals surface area contributed by atoms with Gasteiger partial charge in [0.15, 0.2) is 11.5 Å². The zero-order valence-corrected chi connectivity index (χ0v) is 14.2. The second-order valence-corrected chi connectivity index (χ2v) is 5.86. The average molecular weight is 340 g/mol. The molecule has 0 bridgehead atoms. The zero-order valence-electron chi connectivity index (χ0n) is 14.2. The maximum absolute atomic E-state index is 12.4. The molecule has 0 aliphatic carbocycles. The fourth-order valence-electron chi connectivity index (χ4n) is 2.60. The molecule has 2 amide bonds. The Morgan fingerprint density at radius 2 is 1.68 bits per heavy atom. The highest BCUT2D eigenvalue weighted by Crippen LogP contribution is 2.32. The largest absolute Gasteiger partial charge is 0.486 e. The van der Waals surface area contributed by atoms with Crippen molar-refractivity contribution in [3.8, 4) is 11.5 Å². The second kappa shape index (κ2) is 7.25. The molecule has 0 spiro atoms. The number of anilines is 1. The molecule has 1 aliphatic rings. The van der Waals surface area contributed by atoms with E-state index >= 15 is 0 Å². The van der Waals surface area contributed by atoms with Crippen LogP contribution < -0.4 is 20.1 Å². The Balaban J connectivity index is 1.66. The first-order chi connectivity index (χ1) is 12.0. The molecule has 2 aromatic carbocycles. The number of ether oxygens (including phenoxy) is 2. The van der Waals surface area contributed by atoms with Crippen LogP contribution in [0.4, 0.5) is 5.69 Å². The SMILES string of the molecule is CC(=O)Nc1ccc(C(=O)N[C@H](C)c2ccc3c(c2)OCCO3)cc1. The van der Waals surface area contributed by atoms with Gasteiger partial charge in [-0.15, -0.1) is 0 Å². The molecule has 3 rings (SSSR count). The monoisotopic (exact) mass is 340 g/mol. The molecular formula is C19H20N2O4. The maximum Gasteiger partial charge on any atom is 0.251 e. The summed E-state index contributed by atoms with van der Waals surface area (Å²) in [5, 5.41) is 5.63. The van der Waals surface area contributed by atoms with Crippen molar-refractivity contribution >= 4 is 17.5 Å².